The number of benzene rings is 2. The van der Waals surface area contributed by atoms with Crippen LogP contribution >= 0.6 is 0 Å². The van der Waals surface area contributed by atoms with Crippen molar-refractivity contribution in [2.24, 2.45) is 0 Å². The van der Waals surface area contributed by atoms with Crippen LogP contribution in [0.3, 0.4) is 0 Å². The summed E-state index contributed by atoms with van der Waals surface area (Å²) in [6.07, 6.45) is 4.00. The SMILES string of the molecule is O=C(CC(c1ccccc1)C1([N+](=O)[O-])CCCCC1)c1ccccc1. The fraction of sp³-hybridized carbons (Fsp3) is 0.381. The maximum absolute atomic E-state index is 12.8. The van der Waals surface area contributed by atoms with Crippen molar-refractivity contribution in [3.05, 3.63) is 81.9 Å². The Hall–Kier alpha value is -2.49. The Morgan fingerprint density at radius 3 is 2.08 bits per heavy atom. The first-order valence-electron chi connectivity index (χ1n) is 8.91. The summed E-state index contributed by atoms with van der Waals surface area (Å²) in [7, 11) is 0. The van der Waals surface area contributed by atoms with Gasteiger partial charge in [0.2, 0.25) is 5.54 Å². The van der Waals surface area contributed by atoms with E-state index in [1.54, 1.807) is 12.1 Å². The van der Waals surface area contributed by atoms with E-state index in [1.807, 2.05) is 48.5 Å². The lowest BCUT2D eigenvalue weighted by Gasteiger charge is -2.36. The van der Waals surface area contributed by atoms with Crippen LogP contribution in [-0.4, -0.2) is 16.2 Å². The highest BCUT2D eigenvalue weighted by molar-refractivity contribution is 5.96. The van der Waals surface area contributed by atoms with Gasteiger partial charge in [0.25, 0.3) is 0 Å². The van der Waals surface area contributed by atoms with Gasteiger partial charge in [0.1, 0.15) is 0 Å². The molecule has 130 valence electrons. The van der Waals surface area contributed by atoms with Crippen LogP contribution in [0.25, 0.3) is 0 Å². The Morgan fingerprint density at radius 2 is 1.52 bits per heavy atom. The first-order valence-corrected chi connectivity index (χ1v) is 8.91. The molecule has 0 radical (unpaired) electrons. The number of hydrogen-bond acceptors (Lipinski definition) is 3. The van der Waals surface area contributed by atoms with Gasteiger partial charge in [-0.3, -0.25) is 14.9 Å². The number of rotatable bonds is 6. The largest absolute Gasteiger partial charge is 0.294 e. The number of Topliss-reactive ketones (excluding diaryl/α,β-unsaturated/α-hetero) is 1. The molecule has 1 fully saturated rings. The lowest BCUT2D eigenvalue weighted by Crippen LogP contribution is -2.46. The standard InChI is InChI=1S/C21H23NO3/c23-20(18-12-6-2-7-13-18)16-19(17-10-4-1-5-11-17)21(22(24)25)14-8-3-9-15-21/h1-2,4-7,10-13,19H,3,8-9,14-16H2. The molecule has 2 aromatic carbocycles. The zero-order chi connectivity index (χ0) is 17.7. The molecule has 4 nitrogen and oxygen atoms in total. The maximum atomic E-state index is 12.8. The van der Waals surface area contributed by atoms with Gasteiger partial charge in [-0.2, -0.15) is 0 Å². The van der Waals surface area contributed by atoms with Gasteiger partial charge < -0.3 is 0 Å². The van der Waals surface area contributed by atoms with Gasteiger partial charge in [-0.25, -0.2) is 0 Å². The van der Waals surface area contributed by atoms with Crippen molar-refractivity contribution in [3.8, 4) is 0 Å². The number of nitro groups is 1. The molecule has 0 amide bonds. The van der Waals surface area contributed by atoms with Crippen molar-refractivity contribution in [1.29, 1.82) is 0 Å². The van der Waals surface area contributed by atoms with Gasteiger partial charge in [-0.05, 0) is 18.4 Å². The lowest BCUT2D eigenvalue weighted by atomic mass is 9.68. The molecule has 0 saturated heterocycles. The van der Waals surface area contributed by atoms with Crippen molar-refractivity contribution >= 4 is 5.78 Å². The molecule has 1 saturated carbocycles. The van der Waals surface area contributed by atoms with Crippen LogP contribution in [0.5, 0.6) is 0 Å². The number of nitrogens with zero attached hydrogens (tertiary/aromatic N) is 1. The van der Waals surface area contributed by atoms with E-state index in [9.17, 15) is 14.9 Å². The maximum Gasteiger partial charge on any atom is 0.229 e. The summed E-state index contributed by atoms with van der Waals surface area (Å²) in [5.74, 6) is -0.419. The van der Waals surface area contributed by atoms with Gasteiger partial charge in [-0.15, -0.1) is 0 Å². The van der Waals surface area contributed by atoms with Crippen LogP contribution in [0, 0.1) is 10.1 Å². The zero-order valence-electron chi connectivity index (χ0n) is 14.3. The fourth-order valence-corrected chi connectivity index (χ4v) is 4.05. The van der Waals surface area contributed by atoms with E-state index in [1.165, 1.54) is 0 Å². The molecule has 1 unspecified atom stereocenters. The van der Waals surface area contributed by atoms with E-state index in [0.717, 1.165) is 24.8 Å². The molecule has 25 heavy (non-hydrogen) atoms. The Kier molecular flexibility index (Phi) is 5.27. The quantitative estimate of drug-likeness (QED) is 0.422. The minimum absolute atomic E-state index is 0.0266. The summed E-state index contributed by atoms with van der Waals surface area (Å²) in [5.41, 5.74) is 0.479. The number of carbonyl (C=O) groups is 1. The van der Waals surface area contributed by atoms with Crippen molar-refractivity contribution in [3.63, 3.8) is 0 Å². The number of carbonyl (C=O) groups excluding carboxylic acids is 1. The molecule has 0 bridgehead atoms. The summed E-state index contributed by atoms with van der Waals surface area (Å²) in [6.45, 7) is 0. The van der Waals surface area contributed by atoms with E-state index in [4.69, 9.17) is 0 Å². The third-order valence-corrected chi connectivity index (χ3v) is 5.42. The van der Waals surface area contributed by atoms with Crippen molar-refractivity contribution in [1.82, 2.24) is 0 Å². The minimum atomic E-state index is -1.04. The molecule has 0 aromatic heterocycles. The Bertz CT molecular complexity index is 721. The Morgan fingerprint density at radius 1 is 0.960 bits per heavy atom. The van der Waals surface area contributed by atoms with Gasteiger partial charge in [0.15, 0.2) is 5.78 Å². The predicted molar refractivity (Wildman–Crippen MR) is 97.4 cm³/mol. The molecule has 4 heteroatoms. The summed E-state index contributed by atoms with van der Waals surface area (Å²) in [4.78, 5) is 24.8. The molecule has 2 aromatic rings. The number of ketones is 1. The summed E-state index contributed by atoms with van der Waals surface area (Å²) in [5, 5.41) is 12.1. The second kappa shape index (κ2) is 7.60. The summed E-state index contributed by atoms with van der Waals surface area (Å²) < 4.78 is 0. The highest BCUT2D eigenvalue weighted by Crippen LogP contribution is 2.44. The van der Waals surface area contributed by atoms with Crippen LogP contribution in [0.1, 0.15) is 60.4 Å². The molecule has 1 atom stereocenters. The molecule has 0 aliphatic heterocycles. The van der Waals surface area contributed by atoms with Crippen LogP contribution in [0.15, 0.2) is 60.7 Å². The third-order valence-electron chi connectivity index (χ3n) is 5.42. The highest BCUT2D eigenvalue weighted by atomic mass is 16.6. The van der Waals surface area contributed by atoms with Crippen molar-refractivity contribution in [2.75, 3.05) is 0 Å². The molecule has 0 N–H and O–H groups in total. The minimum Gasteiger partial charge on any atom is -0.294 e. The second-order valence-corrected chi connectivity index (χ2v) is 6.88. The van der Waals surface area contributed by atoms with Crippen LogP contribution in [0.4, 0.5) is 0 Å². The summed E-state index contributed by atoms with van der Waals surface area (Å²) in [6, 6.07) is 18.6. The van der Waals surface area contributed by atoms with Crippen molar-refractivity contribution < 1.29 is 9.72 Å². The molecule has 0 spiro atoms. The van der Waals surface area contributed by atoms with Gasteiger partial charge in [0.05, 0.1) is 5.92 Å². The van der Waals surface area contributed by atoms with E-state index in [-0.39, 0.29) is 17.1 Å². The Labute approximate surface area is 148 Å². The van der Waals surface area contributed by atoms with E-state index in [0.29, 0.717) is 18.4 Å². The van der Waals surface area contributed by atoms with E-state index >= 15 is 0 Å². The first-order chi connectivity index (χ1) is 12.1. The third kappa shape index (κ3) is 3.63. The first kappa shape index (κ1) is 17.3. The molecular formula is C21H23NO3. The van der Waals surface area contributed by atoms with Crippen LogP contribution in [-0.2, 0) is 0 Å². The predicted octanol–water partition coefficient (Wildman–Crippen LogP) is 5.02. The number of hydrogen-bond donors (Lipinski definition) is 0. The molecule has 1 aliphatic rings. The second-order valence-electron chi connectivity index (χ2n) is 6.88. The van der Waals surface area contributed by atoms with Crippen LogP contribution in [0.2, 0.25) is 0 Å². The van der Waals surface area contributed by atoms with Crippen LogP contribution < -0.4 is 0 Å². The average Bonchev–Trinajstić information content (AvgIpc) is 2.67. The van der Waals surface area contributed by atoms with Gasteiger partial charge in [0, 0.05) is 29.7 Å². The monoisotopic (exact) mass is 337 g/mol. The average molecular weight is 337 g/mol. The van der Waals surface area contributed by atoms with Gasteiger partial charge in [-0.1, -0.05) is 67.1 Å². The topological polar surface area (TPSA) is 60.2 Å². The van der Waals surface area contributed by atoms with Gasteiger partial charge >= 0.3 is 0 Å². The smallest absolute Gasteiger partial charge is 0.229 e. The molecule has 1 aliphatic carbocycles. The normalized spacial score (nSPS) is 17.6. The Balaban J connectivity index is 1.98. The zero-order valence-corrected chi connectivity index (χ0v) is 14.3. The lowest BCUT2D eigenvalue weighted by molar-refractivity contribution is -0.580. The van der Waals surface area contributed by atoms with E-state index < -0.39 is 11.5 Å². The molecule has 3 rings (SSSR count). The highest BCUT2D eigenvalue weighted by Gasteiger charge is 2.51. The fourth-order valence-electron chi connectivity index (χ4n) is 4.05. The van der Waals surface area contributed by atoms with Crippen molar-refractivity contribution in [2.45, 2.75) is 50.0 Å². The molecular weight excluding hydrogens is 314 g/mol. The molecule has 0 heterocycles. The van der Waals surface area contributed by atoms with E-state index in [2.05, 4.69) is 0 Å². The summed E-state index contributed by atoms with van der Waals surface area (Å²) >= 11 is 0.